The third-order valence-corrected chi connectivity index (χ3v) is 1.03. The topological polar surface area (TPSA) is 43.2 Å². The zero-order valence-electron chi connectivity index (χ0n) is 7.86. The van der Waals surface area contributed by atoms with E-state index in [1.54, 1.807) is 13.1 Å². The Balaban J connectivity index is 3.75. The van der Waals surface area contributed by atoms with Crippen LogP contribution in [0.2, 0.25) is 0 Å². The van der Waals surface area contributed by atoms with Crippen molar-refractivity contribution >= 4 is 12.4 Å². The molecule has 0 unspecified atom stereocenters. The molecule has 0 saturated heterocycles. The molecule has 12 heavy (non-hydrogen) atoms. The predicted octanol–water partition coefficient (Wildman–Crippen LogP) is 1.46. The van der Waals surface area contributed by atoms with Crippen molar-refractivity contribution in [2.24, 2.45) is 10.2 Å². The standard InChI is InChI=1S/C8H16N2O2/c1-4-9-10-7-8(11-5-2)12-6-3/h4,7-8H,5-6H2,1-3H3. The number of hydrogen-bond donors (Lipinski definition) is 0. The van der Waals surface area contributed by atoms with Gasteiger partial charge in [0, 0.05) is 19.4 Å². The van der Waals surface area contributed by atoms with Crippen molar-refractivity contribution in [3.8, 4) is 0 Å². The van der Waals surface area contributed by atoms with Gasteiger partial charge in [-0.2, -0.15) is 10.2 Å². The first kappa shape index (κ1) is 11.3. The van der Waals surface area contributed by atoms with Crippen LogP contribution in [0.1, 0.15) is 20.8 Å². The molecule has 4 heteroatoms. The molecule has 0 N–H and O–H groups in total. The normalized spacial score (nSPS) is 12.3. The van der Waals surface area contributed by atoms with Gasteiger partial charge in [-0.25, -0.2) is 0 Å². The van der Waals surface area contributed by atoms with Crippen LogP contribution in [0.5, 0.6) is 0 Å². The van der Waals surface area contributed by atoms with Crippen LogP contribution >= 0.6 is 0 Å². The number of nitrogens with zero attached hydrogens (tertiary/aromatic N) is 2. The third kappa shape index (κ3) is 6.00. The predicted molar refractivity (Wildman–Crippen MR) is 49.7 cm³/mol. The van der Waals surface area contributed by atoms with Crippen molar-refractivity contribution in [3.63, 3.8) is 0 Å². The Morgan fingerprint density at radius 1 is 1.17 bits per heavy atom. The maximum absolute atomic E-state index is 5.18. The fraction of sp³-hybridized carbons (Fsp3) is 0.750. The zero-order chi connectivity index (χ0) is 9.23. The Morgan fingerprint density at radius 3 is 2.17 bits per heavy atom. The lowest BCUT2D eigenvalue weighted by molar-refractivity contribution is -0.0868. The average molecular weight is 172 g/mol. The Labute approximate surface area is 73.3 Å². The maximum Gasteiger partial charge on any atom is 0.195 e. The SMILES string of the molecule is CC=NN=CC(OCC)OCC. The molecule has 0 bridgehead atoms. The second kappa shape index (κ2) is 8.36. The molecule has 0 saturated carbocycles. The first-order valence-electron chi connectivity index (χ1n) is 4.09. The minimum atomic E-state index is -0.372. The first-order chi connectivity index (χ1) is 5.85. The maximum atomic E-state index is 5.18. The number of rotatable bonds is 6. The van der Waals surface area contributed by atoms with Gasteiger partial charge in [0.15, 0.2) is 6.29 Å². The van der Waals surface area contributed by atoms with Crippen molar-refractivity contribution in [1.29, 1.82) is 0 Å². The minimum absolute atomic E-state index is 0.372. The molecule has 0 spiro atoms. The molecule has 0 aromatic heterocycles. The Hall–Kier alpha value is -0.740. The summed E-state index contributed by atoms with van der Waals surface area (Å²) < 4.78 is 10.4. The van der Waals surface area contributed by atoms with Gasteiger partial charge in [-0.05, 0) is 20.8 Å². The highest BCUT2D eigenvalue weighted by atomic mass is 16.7. The lowest BCUT2D eigenvalue weighted by Crippen LogP contribution is -2.18. The summed E-state index contributed by atoms with van der Waals surface area (Å²) in [5.41, 5.74) is 0. The smallest absolute Gasteiger partial charge is 0.195 e. The van der Waals surface area contributed by atoms with E-state index in [2.05, 4.69) is 10.2 Å². The highest BCUT2D eigenvalue weighted by Crippen LogP contribution is 1.91. The third-order valence-electron chi connectivity index (χ3n) is 1.03. The largest absolute Gasteiger partial charge is 0.348 e. The van der Waals surface area contributed by atoms with Crippen LogP contribution in [0.3, 0.4) is 0 Å². The van der Waals surface area contributed by atoms with Crippen LogP contribution in [-0.4, -0.2) is 31.9 Å². The fourth-order valence-electron chi connectivity index (χ4n) is 0.622. The summed E-state index contributed by atoms with van der Waals surface area (Å²) >= 11 is 0. The van der Waals surface area contributed by atoms with E-state index in [9.17, 15) is 0 Å². The number of hydrogen-bond acceptors (Lipinski definition) is 4. The van der Waals surface area contributed by atoms with E-state index in [1.165, 1.54) is 6.21 Å². The van der Waals surface area contributed by atoms with Crippen LogP contribution in [0.15, 0.2) is 10.2 Å². The van der Waals surface area contributed by atoms with Gasteiger partial charge in [-0.3, -0.25) is 0 Å². The van der Waals surface area contributed by atoms with Gasteiger partial charge < -0.3 is 9.47 Å². The molecule has 0 aromatic rings. The van der Waals surface area contributed by atoms with E-state index in [-0.39, 0.29) is 6.29 Å². The van der Waals surface area contributed by atoms with Crippen LogP contribution in [-0.2, 0) is 9.47 Å². The van der Waals surface area contributed by atoms with Gasteiger partial charge >= 0.3 is 0 Å². The van der Waals surface area contributed by atoms with Crippen LogP contribution < -0.4 is 0 Å². The summed E-state index contributed by atoms with van der Waals surface area (Å²) in [7, 11) is 0. The molecule has 0 radical (unpaired) electrons. The van der Waals surface area contributed by atoms with E-state index in [0.29, 0.717) is 13.2 Å². The van der Waals surface area contributed by atoms with Crippen molar-refractivity contribution < 1.29 is 9.47 Å². The second-order valence-corrected chi connectivity index (χ2v) is 1.92. The highest BCUT2D eigenvalue weighted by molar-refractivity contribution is 5.62. The van der Waals surface area contributed by atoms with Crippen molar-refractivity contribution in [2.45, 2.75) is 27.1 Å². The molecule has 0 rings (SSSR count). The van der Waals surface area contributed by atoms with E-state index >= 15 is 0 Å². The van der Waals surface area contributed by atoms with Crippen molar-refractivity contribution in [1.82, 2.24) is 0 Å². The van der Waals surface area contributed by atoms with E-state index in [4.69, 9.17) is 9.47 Å². The molecule has 0 amide bonds. The molecule has 0 atom stereocenters. The molecular formula is C8H16N2O2. The second-order valence-electron chi connectivity index (χ2n) is 1.92. The lowest BCUT2D eigenvalue weighted by atomic mass is 10.6. The molecule has 0 heterocycles. The number of ether oxygens (including phenoxy) is 2. The van der Waals surface area contributed by atoms with E-state index in [0.717, 1.165) is 0 Å². The van der Waals surface area contributed by atoms with Gasteiger partial charge in [0.25, 0.3) is 0 Å². The lowest BCUT2D eigenvalue weighted by Gasteiger charge is -2.10. The van der Waals surface area contributed by atoms with Crippen LogP contribution in [0.25, 0.3) is 0 Å². The summed E-state index contributed by atoms with van der Waals surface area (Å²) in [6, 6.07) is 0. The molecule has 70 valence electrons. The van der Waals surface area contributed by atoms with E-state index in [1.807, 2.05) is 13.8 Å². The fourth-order valence-corrected chi connectivity index (χ4v) is 0.622. The van der Waals surface area contributed by atoms with Crippen molar-refractivity contribution in [2.75, 3.05) is 13.2 Å². The molecule has 0 aliphatic heterocycles. The summed E-state index contributed by atoms with van der Waals surface area (Å²) in [4.78, 5) is 0. The monoisotopic (exact) mass is 172 g/mol. The molecule has 4 nitrogen and oxygen atoms in total. The van der Waals surface area contributed by atoms with Gasteiger partial charge in [0.2, 0.25) is 0 Å². The first-order valence-corrected chi connectivity index (χ1v) is 4.09. The minimum Gasteiger partial charge on any atom is -0.348 e. The summed E-state index contributed by atoms with van der Waals surface area (Å²) in [5, 5.41) is 7.38. The molecule has 0 aliphatic carbocycles. The van der Waals surface area contributed by atoms with Gasteiger partial charge in [0.05, 0.1) is 6.21 Å². The summed E-state index contributed by atoms with van der Waals surface area (Å²) in [5.74, 6) is 0. The van der Waals surface area contributed by atoms with Gasteiger partial charge in [-0.15, -0.1) is 0 Å². The van der Waals surface area contributed by atoms with Crippen LogP contribution in [0, 0.1) is 0 Å². The average Bonchev–Trinajstić information content (AvgIpc) is 2.06. The summed E-state index contributed by atoms with van der Waals surface area (Å²) in [6.45, 7) is 6.82. The highest BCUT2D eigenvalue weighted by Gasteiger charge is 2.01. The molecular weight excluding hydrogens is 156 g/mol. The summed E-state index contributed by atoms with van der Waals surface area (Å²) in [6.07, 6.45) is 2.77. The Morgan fingerprint density at radius 2 is 1.75 bits per heavy atom. The Kier molecular flexibility index (Phi) is 7.84. The van der Waals surface area contributed by atoms with Crippen LogP contribution in [0.4, 0.5) is 0 Å². The van der Waals surface area contributed by atoms with Gasteiger partial charge in [-0.1, -0.05) is 0 Å². The Bertz CT molecular complexity index is 140. The van der Waals surface area contributed by atoms with Crippen molar-refractivity contribution in [3.05, 3.63) is 0 Å². The molecule has 0 aromatic carbocycles. The van der Waals surface area contributed by atoms with E-state index < -0.39 is 0 Å². The zero-order valence-corrected chi connectivity index (χ0v) is 7.86. The quantitative estimate of drug-likeness (QED) is 0.346. The molecule has 0 fully saturated rings. The molecule has 0 aliphatic rings. The van der Waals surface area contributed by atoms with Gasteiger partial charge in [0.1, 0.15) is 0 Å².